The van der Waals surface area contributed by atoms with Crippen LogP contribution in [0.2, 0.25) is 0 Å². The number of carbonyl (C=O) groups is 1. The summed E-state index contributed by atoms with van der Waals surface area (Å²) in [6, 6.07) is 9.53. The lowest BCUT2D eigenvalue weighted by Crippen LogP contribution is -2.27. The highest BCUT2D eigenvalue weighted by Crippen LogP contribution is 2.23. The molecule has 1 aromatic heterocycles. The molecule has 0 fully saturated rings. The van der Waals surface area contributed by atoms with Crippen LogP contribution in [0.1, 0.15) is 30.1 Å². The number of rotatable bonds is 5. The summed E-state index contributed by atoms with van der Waals surface area (Å²) in [5, 5.41) is 12.4. The summed E-state index contributed by atoms with van der Waals surface area (Å²) in [5.74, 6) is 0. The van der Waals surface area contributed by atoms with Gasteiger partial charge in [0, 0.05) is 12.4 Å². The Kier molecular flexibility index (Phi) is 5.15. The number of hydrogen-bond donors (Lipinski definition) is 1. The van der Waals surface area contributed by atoms with Crippen molar-refractivity contribution in [3.05, 3.63) is 52.0 Å². The fourth-order valence-electron chi connectivity index (χ4n) is 1.80. The Morgan fingerprint density at radius 2 is 2.05 bits per heavy atom. The summed E-state index contributed by atoms with van der Waals surface area (Å²) < 4.78 is 5.25. The highest BCUT2D eigenvalue weighted by Gasteiger charge is 2.21. The molecular weight excluding hydrogens is 300 g/mol. The van der Waals surface area contributed by atoms with Crippen LogP contribution in [0.25, 0.3) is 0 Å². The molecule has 0 aliphatic rings. The highest BCUT2D eigenvalue weighted by molar-refractivity contribution is 7.09. The van der Waals surface area contributed by atoms with Gasteiger partial charge in [0.1, 0.15) is 17.2 Å². The van der Waals surface area contributed by atoms with E-state index in [9.17, 15) is 9.90 Å². The summed E-state index contributed by atoms with van der Waals surface area (Å²) in [5.41, 5.74) is 0.721. The molecule has 6 heteroatoms. The Labute approximate surface area is 134 Å². The quantitative estimate of drug-likeness (QED) is 0.919. The number of hydrogen-bond acceptors (Lipinski definition) is 5. The minimum absolute atomic E-state index is 0.246. The number of benzene rings is 1. The predicted octanol–water partition coefficient (Wildman–Crippen LogP) is 3.14. The van der Waals surface area contributed by atoms with Gasteiger partial charge in [0.2, 0.25) is 0 Å². The van der Waals surface area contributed by atoms with Crippen molar-refractivity contribution in [1.82, 2.24) is 9.88 Å². The van der Waals surface area contributed by atoms with Crippen molar-refractivity contribution in [3.63, 3.8) is 0 Å². The summed E-state index contributed by atoms with van der Waals surface area (Å²) in [6.07, 6.45) is -0.401. The molecular formula is C16H20N2O3S. The fourth-order valence-corrected chi connectivity index (χ4v) is 2.63. The first kappa shape index (κ1) is 16.5. The predicted molar refractivity (Wildman–Crippen MR) is 85.5 cm³/mol. The second kappa shape index (κ2) is 6.89. The van der Waals surface area contributed by atoms with E-state index in [1.165, 1.54) is 16.2 Å². The maximum absolute atomic E-state index is 12.0. The number of nitrogens with zero attached hydrogens (tertiary/aromatic N) is 2. The van der Waals surface area contributed by atoms with Gasteiger partial charge in [0.05, 0.1) is 12.2 Å². The van der Waals surface area contributed by atoms with Crippen LogP contribution in [0.15, 0.2) is 35.7 Å². The van der Waals surface area contributed by atoms with Crippen LogP contribution in [0.5, 0.6) is 0 Å². The van der Waals surface area contributed by atoms with E-state index in [1.807, 2.05) is 35.7 Å². The average Bonchev–Trinajstić information content (AvgIpc) is 2.94. The maximum Gasteiger partial charge on any atom is 0.410 e. The lowest BCUT2D eigenvalue weighted by Gasteiger charge is -2.16. The van der Waals surface area contributed by atoms with Gasteiger partial charge in [0.15, 0.2) is 0 Å². The molecule has 2 aromatic rings. The van der Waals surface area contributed by atoms with Crippen LogP contribution in [-0.4, -0.2) is 28.1 Å². The molecule has 118 valence electrons. The summed E-state index contributed by atoms with van der Waals surface area (Å²) in [6.45, 7) is 3.97. The lowest BCUT2D eigenvalue weighted by molar-refractivity contribution is 0.0779. The Morgan fingerprint density at radius 3 is 2.64 bits per heavy atom. The molecule has 0 aliphatic carbocycles. The first-order valence-corrected chi connectivity index (χ1v) is 7.83. The van der Waals surface area contributed by atoms with Crippen LogP contribution >= 0.6 is 11.3 Å². The van der Waals surface area contributed by atoms with E-state index in [0.717, 1.165) is 11.3 Å². The Bertz CT molecular complexity index is 620. The monoisotopic (exact) mass is 320 g/mol. The Morgan fingerprint density at radius 1 is 1.36 bits per heavy atom. The smallest absolute Gasteiger partial charge is 0.410 e. The standard InChI is InChI=1S/C16H20N2O3S/c1-16(2,20)14-17-13(11-22-14)9-18(3)15(19)21-10-12-7-5-4-6-8-12/h4-8,11,20H,9-10H2,1-3H3. The largest absolute Gasteiger partial charge is 0.445 e. The van der Waals surface area contributed by atoms with Crippen LogP contribution in [0.3, 0.4) is 0 Å². The summed E-state index contributed by atoms with van der Waals surface area (Å²) in [7, 11) is 1.66. The molecule has 0 bridgehead atoms. The van der Waals surface area contributed by atoms with Gasteiger partial charge in [-0.15, -0.1) is 11.3 Å². The SMILES string of the molecule is CN(Cc1csc(C(C)(C)O)n1)C(=O)OCc1ccccc1. The van der Waals surface area contributed by atoms with E-state index in [-0.39, 0.29) is 6.61 Å². The van der Waals surface area contributed by atoms with Gasteiger partial charge in [0.25, 0.3) is 0 Å². The van der Waals surface area contributed by atoms with Crippen molar-refractivity contribution in [2.24, 2.45) is 0 Å². The fraction of sp³-hybridized carbons (Fsp3) is 0.375. The van der Waals surface area contributed by atoms with Gasteiger partial charge < -0.3 is 14.7 Å². The van der Waals surface area contributed by atoms with E-state index in [2.05, 4.69) is 4.98 Å². The minimum atomic E-state index is -0.963. The average molecular weight is 320 g/mol. The molecule has 1 N–H and O–H groups in total. The molecule has 1 heterocycles. The Hall–Kier alpha value is -1.92. The first-order chi connectivity index (χ1) is 10.4. The summed E-state index contributed by atoms with van der Waals surface area (Å²) in [4.78, 5) is 17.8. The zero-order chi connectivity index (χ0) is 16.2. The second-order valence-electron chi connectivity index (χ2n) is 5.60. The molecule has 22 heavy (non-hydrogen) atoms. The van der Waals surface area contributed by atoms with Crippen molar-refractivity contribution in [2.75, 3.05) is 7.05 Å². The zero-order valence-electron chi connectivity index (χ0n) is 12.9. The van der Waals surface area contributed by atoms with Crippen molar-refractivity contribution < 1.29 is 14.6 Å². The van der Waals surface area contributed by atoms with Gasteiger partial charge in [-0.05, 0) is 19.4 Å². The maximum atomic E-state index is 12.0. The van der Waals surface area contributed by atoms with Crippen LogP contribution < -0.4 is 0 Å². The zero-order valence-corrected chi connectivity index (χ0v) is 13.8. The van der Waals surface area contributed by atoms with Crippen molar-refractivity contribution in [2.45, 2.75) is 32.6 Å². The number of ether oxygens (including phenoxy) is 1. The molecule has 0 saturated heterocycles. The number of thiazole rings is 1. The highest BCUT2D eigenvalue weighted by atomic mass is 32.1. The van der Waals surface area contributed by atoms with Crippen LogP contribution in [0, 0.1) is 0 Å². The molecule has 0 saturated carbocycles. The Balaban J connectivity index is 1.87. The molecule has 0 aliphatic heterocycles. The third-order valence-corrected chi connectivity index (χ3v) is 4.20. The van der Waals surface area contributed by atoms with Crippen LogP contribution in [-0.2, 0) is 23.5 Å². The normalized spacial score (nSPS) is 11.3. The minimum Gasteiger partial charge on any atom is -0.445 e. The number of aromatic nitrogens is 1. The van der Waals surface area contributed by atoms with E-state index >= 15 is 0 Å². The van der Waals surface area contributed by atoms with Gasteiger partial charge in [-0.2, -0.15) is 0 Å². The van der Waals surface area contributed by atoms with Gasteiger partial charge in [-0.25, -0.2) is 9.78 Å². The van der Waals surface area contributed by atoms with E-state index in [1.54, 1.807) is 20.9 Å². The molecule has 1 aromatic carbocycles. The third-order valence-electron chi connectivity index (χ3n) is 2.99. The molecule has 0 atom stereocenters. The first-order valence-electron chi connectivity index (χ1n) is 6.95. The van der Waals surface area contributed by atoms with Gasteiger partial charge in [-0.1, -0.05) is 30.3 Å². The molecule has 0 unspecified atom stereocenters. The molecule has 0 radical (unpaired) electrons. The van der Waals surface area contributed by atoms with E-state index < -0.39 is 11.7 Å². The van der Waals surface area contributed by atoms with Crippen molar-refractivity contribution in [1.29, 1.82) is 0 Å². The number of aliphatic hydroxyl groups is 1. The van der Waals surface area contributed by atoms with Crippen LogP contribution in [0.4, 0.5) is 4.79 Å². The molecule has 0 spiro atoms. The topological polar surface area (TPSA) is 62.7 Å². The molecule has 2 rings (SSSR count). The van der Waals surface area contributed by atoms with Gasteiger partial charge in [-0.3, -0.25) is 0 Å². The summed E-state index contributed by atoms with van der Waals surface area (Å²) >= 11 is 1.38. The molecule has 5 nitrogen and oxygen atoms in total. The van der Waals surface area contributed by atoms with Crippen molar-refractivity contribution in [3.8, 4) is 0 Å². The van der Waals surface area contributed by atoms with Crippen molar-refractivity contribution >= 4 is 17.4 Å². The lowest BCUT2D eigenvalue weighted by atomic mass is 10.1. The third kappa shape index (κ3) is 4.54. The molecule has 1 amide bonds. The second-order valence-corrected chi connectivity index (χ2v) is 6.46. The van der Waals surface area contributed by atoms with Gasteiger partial charge >= 0.3 is 6.09 Å². The van der Waals surface area contributed by atoms with E-state index in [0.29, 0.717) is 11.6 Å². The number of carbonyl (C=O) groups excluding carboxylic acids is 1. The number of amides is 1. The van der Waals surface area contributed by atoms with E-state index in [4.69, 9.17) is 4.74 Å².